The average molecular weight is 373 g/mol. The van der Waals surface area contributed by atoms with E-state index in [2.05, 4.69) is 41.9 Å². The van der Waals surface area contributed by atoms with Crippen LogP contribution in [0.1, 0.15) is 52.9 Å². The van der Waals surface area contributed by atoms with Crippen molar-refractivity contribution in [3.05, 3.63) is 12.2 Å². The van der Waals surface area contributed by atoms with Crippen LogP contribution in [0.15, 0.2) is 12.2 Å². The molecule has 4 aliphatic rings. The van der Waals surface area contributed by atoms with Crippen LogP contribution in [0.4, 0.5) is 0 Å². The van der Waals surface area contributed by atoms with E-state index in [1.54, 1.807) is 0 Å². The highest BCUT2D eigenvalue weighted by Gasteiger charge is 2.54. The molecule has 0 aromatic rings. The minimum atomic E-state index is -0.588. The summed E-state index contributed by atoms with van der Waals surface area (Å²) >= 11 is 3.81. The standard InChI is InChI=1S/C17H25BrO4/c1-12(19)20-11-16-6-8-17(9-7-16,22-21-16)13-4-5-14(18)15(2,3)10-13/h6,8,13-14H,4-5,7,9-11H2,1-3H3/t13-,14-,16+,17+/m0/s1. The van der Waals surface area contributed by atoms with Crippen molar-refractivity contribution in [2.24, 2.45) is 11.3 Å². The van der Waals surface area contributed by atoms with Crippen molar-refractivity contribution in [1.29, 1.82) is 0 Å². The van der Waals surface area contributed by atoms with Gasteiger partial charge in [0.2, 0.25) is 0 Å². The Balaban J connectivity index is 1.72. The first-order valence-corrected chi connectivity index (χ1v) is 9.03. The third kappa shape index (κ3) is 2.87. The van der Waals surface area contributed by atoms with E-state index in [-0.39, 0.29) is 23.6 Å². The largest absolute Gasteiger partial charge is 0.462 e. The lowest BCUT2D eigenvalue weighted by Crippen LogP contribution is -2.56. The minimum absolute atomic E-state index is 0.231. The van der Waals surface area contributed by atoms with Crippen molar-refractivity contribution in [1.82, 2.24) is 0 Å². The van der Waals surface area contributed by atoms with E-state index in [0.29, 0.717) is 10.7 Å². The van der Waals surface area contributed by atoms with Crippen molar-refractivity contribution in [2.75, 3.05) is 6.61 Å². The van der Waals surface area contributed by atoms with Crippen LogP contribution in [-0.4, -0.2) is 28.6 Å². The van der Waals surface area contributed by atoms with Crippen molar-refractivity contribution in [2.45, 2.75) is 68.9 Å². The number of ether oxygens (including phenoxy) is 1. The molecule has 2 aliphatic carbocycles. The first-order valence-electron chi connectivity index (χ1n) is 8.12. The summed E-state index contributed by atoms with van der Waals surface area (Å²) in [4.78, 5) is 23.2. The number of rotatable bonds is 3. The monoisotopic (exact) mass is 372 g/mol. The molecule has 1 saturated carbocycles. The van der Waals surface area contributed by atoms with Crippen LogP contribution in [0.5, 0.6) is 0 Å². The number of halogens is 1. The molecule has 2 fully saturated rings. The summed E-state index contributed by atoms with van der Waals surface area (Å²) < 4.78 is 5.12. The van der Waals surface area contributed by atoms with Gasteiger partial charge in [-0.3, -0.25) is 4.79 Å². The van der Waals surface area contributed by atoms with Crippen molar-refractivity contribution in [3.63, 3.8) is 0 Å². The van der Waals surface area contributed by atoms with Crippen LogP contribution in [0.3, 0.4) is 0 Å². The Morgan fingerprint density at radius 2 is 2.05 bits per heavy atom. The van der Waals surface area contributed by atoms with E-state index in [0.717, 1.165) is 32.1 Å². The second-order valence-corrected chi connectivity index (χ2v) is 8.84. The number of hydrogen-bond acceptors (Lipinski definition) is 4. The normalized spacial score (nSPS) is 43.1. The van der Waals surface area contributed by atoms with Gasteiger partial charge in [-0.25, -0.2) is 9.78 Å². The molecular weight excluding hydrogens is 348 g/mol. The number of carbonyl (C=O) groups is 1. The van der Waals surface area contributed by atoms with Crippen LogP contribution in [0, 0.1) is 11.3 Å². The predicted octanol–water partition coefficient (Wildman–Crippen LogP) is 3.93. The minimum Gasteiger partial charge on any atom is -0.462 e. The predicted molar refractivity (Wildman–Crippen MR) is 86.5 cm³/mol. The molecule has 0 radical (unpaired) electrons. The first-order chi connectivity index (χ1) is 10.3. The summed E-state index contributed by atoms with van der Waals surface area (Å²) in [6.07, 6.45) is 9.41. The molecule has 124 valence electrons. The van der Waals surface area contributed by atoms with Gasteiger partial charge in [0.25, 0.3) is 0 Å². The van der Waals surface area contributed by atoms with Crippen molar-refractivity contribution >= 4 is 21.9 Å². The number of fused-ring (bicyclic) bond motifs is 2. The van der Waals surface area contributed by atoms with E-state index < -0.39 is 5.60 Å². The van der Waals surface area contributed by atoms with E-state index in [1.165, 1.54) is 6.92 Å². The molecule has 2 bridgehead atoms. The smallest absolute Gasteiger partial charge is 0.302 e. The zero-order valence-electron chi connectivity index (χ0n) is 13.6. The third-order valence-electron chi connectivity index (χ3n) is 5.57. The maximum absolute atomic E-state index is 11.0. The lowest BCUT2D eigenvalue weighted by atomic mass is 9.63. The van der Waals surface area contributed by atoms with Crippen LogP contribution in [-0.2, 0) is 19.3 Å². The maximum atomic E-state index is 11.0. The Morgan fingerprint density at radius 1 is 1.27 bits per heavy atom. The summed E-state index contributed by atoms with van der Waals surface area (Å²) in [5, 5.41) is 0. The highest BCUT2D eigenvalue weighted by molar-refractivity contribution is 9.09. The Morgan fingerprint density at radius 3 is 2.55 bits per heavy atom. The summed E-state index contributed by atoms with van der Waals surface area (Å²) in [7, 11) is 0. The fraction of sp³-hybridized carbons (Fsp3) is 0.824. The lowest BCUT2D eigenvalue weighted by Gasteiger charge is -2.53. The van der Waals surface area contributed by atoms with Gasteiger partial charge in [0.15, 0.2) is 5.60 Å². The zero-order chi connectivity index (χ0) is 16.0. The van der Waals surface area contributed by atoms with Gasteiger partial charge in [0.05, 0.1) is 0 Å². The molecular formula is C17H25BrO4. The average Bonchev–Trinajstić information content (AvgIpc) is 2.50. The SMILES string of the molecule is CC(=O)OC[C@@]12C=C[C@]([C@H]3CC[C@H](Br)C(C)(C)C3)(CC1)OO2. The van der Waals surface area contributed by atoms with E-state index >= 15 is 0 Å². The molecule has 0 unspecified atom stereocenters. The number of alkyl halides is 1. The molecule has 1 saturated heterocycles. The van der Waals surface area contributed by atoms with E-state index in [9.17, 15) is 4.79 Å². The topological polar surface area (TPSA) is 44.8 Å². The molecule has 0 N–H and O–H groups in total. The molecule has 0 amide bonds. The summed E-state index contributed by atoms with van der Waals surface area (Å²) in [6.45, 7) is 6.28. The highest BCUT2D eigenvalue weighted by atomic mass is 79.9. The molecule has 2 heterocycles. The molecule has 4 nitrogen and oxygen atoms in total. The van der Waals surface area contributed by atoms with Crippen LogP contribution >= 0.6 is 15.9 Å². The zero-order valence-corrected chi connectivity index (χ0v) is 15.1. The van der Waals surface area contributed by atoms with Crippen molar-refractivity contribution in [3.8, 4) is 0 Å². The van der Waals surface area contributed by atoms with Gasteiger partial charge in [0.1, 0.15) is 12.2 Å². The summed E-state index contributed by atoms with van der Waals surface area (Å²) in [5.74, 6) is 0.186. The molecule has 22 heavy (non-hydrogen) atoms. The second-order valence-electron chi connectivity index (χ2n) is 7.73. The summed E-state index contributed by atoms with van der Waals surface area (Å²) in [5.41, 5.74) is -0.628. The Bertz CT molecular complexity index is 477. The Kier molecular flexibility index (Phi) is 4.19. The second kappa shape index (κ2) is 5.60. The number of carbonyl (C=O) groups excluding carboxylic acids is 1. The molecule has 0 aromatic heterocycles. The lowest BCUT2D eigenvalue weighted by molar-refractivity contribution is -0.441. The van der Waals surface area contributed by atoms with Gasteiger partial charge >= 0.3 is 5.97 Å². The van der Waals surface area contributed by atoms with Crippen LogP contribution < -0.4 is 0 Å². The quantitative estimate of drug-likeness (QED) is 0.326. The van der Waals surface area contributed by atoms with E-state index in [4.69, 9.17) is 14.5 Å². The molecule has 4 rings (SSSR count). The molecule has 0 aromatic carbocycles. The fourth-order valence-corrected chi connectivity index (χ4v) is 4.41. The third-order valence-corrected chi connectivity index (χ3v) is 7.27. The van der Waals surface area contributed by atoms with Gasteiger partial charge < -0.3 is 4.74 Å². The number of esters is 1. The van der Waals surface area contributed by atoms with Gasteiger partial charge in [-0.1, -0.05) is 35.9 Å². The Labute approximate surface area is 140 Å². The molecule has 0 spiro atoms. The van der Waals surface area contributed by atoms with Crippen LogP contribution in [0.25, 0.3) is 0 Å². The Hall–Kier alpha value is -0.390. The molecule has 5 heteroatoms. The molecule has 2 aliphatic heterocycles. The summed E-state index contributed by atoms with van der Waals surface area (Å²) in [6, 6.07) is 0. The number of hydrogen-bond donors (Lipinski definition) is 0. The fourth-order valence-electron chi connectivity index (χ4n) is 3.96. The van der Waals surface area contributed by atoms with E-state index in [1.807, 2.05) is 0 Å². The van der Waals surface area contributed by atoms with Crippen molar-refractivity contribution < 1.29 is 19.3 Å². The van der Waals surface area contributed by atoms with Crippen LogP contribution in [0.2, 0.25) is 0 Å². The van der Waals surface area contributed by atoms with Gasteiger partial charge in [-0.2, -0.15) is 0 Å². The first kappa shape index (κ1) is 16.5. The van der Waals surface area contributed by atoms with Gasteiger partial charge in [-0.05, 0) is 49.5 Å². The van der Waals surface area contributed by atoms with Gasteiger partial charge in [-0.15, -0.1) is 0 Å². The highest BCUT2D eigenvalue weighted by Crippen LogP contribution is 2.53. The maximum Gasteiger partial charge on any atom is 0.302 e. The van der Waals surface area contributed by atoms with Gasteiger partial charge in [0, 0.05) is 11.8 Å². The molecule has 4 atom stereocenters.